The van der Waals surface area contributed by atoms with E-state index in [0.29, 0.717) is 23.2 Å². The van der Waals surface area contributed by atoms with Crippen molar-refractivity contribution in [1.82, 2.24) is 9.97 Å². The van der Waals surface area contributed by atoms with Crippen LogP contribution in [0.2, 0.25) is 0 Å². The minimum atomic E-state index is -0.596. The standard InChI is InChI=1S/C23H25N5O4/c1-13(2)14-5-7-17(8-6-14)27-20-19(24)21(26-12-25-20)28-18-10-15(22(29)31-3)9-16(11-18)23(30)32-4/h5-13H,24H2,1-4H3,(H2,25,26,27,28). The second-order valence-electron chi connectivity index (χ2n) is 7.29. The highest BCUT2D eigenvalue weighted by Gasteiger charge is 2.16. The molecule has 0 bridgehead atoms. The molecule has 1 heterocycles. The van der Waals surface area contributed by atoms with Crippen molar-refractivity contribution in [2.45, 2.75) is 19.8 Å². The van der Waals surface area contributed by atoms with Crippen LogP contribution in [0, 0.1) is 0 Å². The highest BCUT2D eigenvalue weighted by atomic mass is 16.5. The van der Waals surface area contributed by atoms with Crippen molar-refractivity contribution in [3.8, 4) is 0 Å². The lowest BCUT2D eigenvalue weighted by Crippen LogP contribution is -2.09. The van der Waals surface area contributed by atoms with Gasteiger partial charge in [0.2, 0.25) is 0 Å². The van der Waals surface area contributed by atoms with Crippen molar-refractivity contribution in [2.75, 3.05) is 30.6 Å². The number of ether oxygens (including phenoxy) is 2. The Morgan fingerprint density at radius 3 is 1.81 bits per heavy atom. The van der Waals surface area contributed by atoms with E-state index in [4.69, 9.17) is 15.2 Å². The quantitative estimate of drug-likeness (QED) is 0.467. The van der Waals surface area contributed by atoms with Crippen molar-refractivity contribution in [1.29, 1.82) is 0 Å². The summed E-state index contributed by atoms with van der Waals surface area (Å²) in [4.78, 5) is 32.4. The lowest BCUT2D eigenvalue weighted by atomic mass is 10.0. The van der Waals surface area contributed by atoms with Crippen molar-refractivity contribution in [2.24, 2.45) is 0 Å². The van der Waals surface area contributed by atoms with Gasteiger partial charge in [0.25, 0.3) is 0 Å². The third-order valence-corrected chi connectivity index (χ3v) is 4.76. The number of rotatable bonds is 7. The van der Waals surface area contributed by atoms with Gasteiger partial charge in [-0.1, -0.05) is 26.0 Å². The van der Waals surface area contributed by atoms with Gasteiger partial charge in [0, 0.05) is 11.4 Å². The third kappa shape index (κ3) is 5.12. The van der Waals surface area contributed by atoms with Gasteiger partial charge in [0.15, 0.2) is 11.6 Å². The molecule has 0 amide bonds. The van der Waals surface area contributed by atoms with E-state index in [1.165, 1.54) is 44.3 Å². The molecule has 1 aromatic heterocycles. The van der Waals surface area contributed by atoms with Gasteiger partial charge in [-0.05, 0) is 41.8 Å². The molecule has 0 atom stereocenters. The van der Waals surface area contributed by atoms with E-state index in [9.17, 15) is 9.59 Å². The van der Waals surface area contributed by atoms with E-state index < -0.39 is 11.9 Å². The molecule has 4 N–H and O–H groups in total. The van der Waals surface area contributed by atoms with Crippen molar-refractivity contribution in [3.63, 3.8) is 0 Å². The van der Waals surface area contributed by atoms with Gasteiger partial charge < -0.3 is 25.8 Å². The Morgan fingerprint density at radius 2 is 1.34 bits per heavy atom. The van der Waals surface area contributed by atoms with Crippen LogP contribution < -0.4 is 16.4 Å². The Balaban J connectivity index is 1.89. The largest absolute Gasteiger partial charge is 0.465 e. The minimum absolute atomic E-state index is 0.175. The summed E-state index contributed by atoms with van der Waals surface area (Å²) in [7, 11) is 2.52. The number of hydrogen-bond donors (Lipinski definition) is 3. The van der Waals surface area contributed by atoms with Gasteiger partial charge in [-0.2, -0.15) is 0 Å². The van der Waals surface area contributed by atoms with Crippen LogP contribution in [0.15, 0.2) is 48.8 Å². The molecule has 0 radical (unpaired) electrons. The highest BCUT2D eigenvalue weighted by molar-refractivity contribution is 5.97. The number of methoxy groups -OCH3 is 2. The average molecular weight is 435 g/mol. The molecule has 9 heteroatoms. The number of esters is 2. The zero-order valence-electron chi connectivity index (χ0n) is 18.3. The fourth-order valence-corrected chi connectivity index (χ4v) is 2.99. The number of anilines is 5. The maximum atomic E-state index is 12.0. The number of carbonyl (C=O) groups excluding carboxylic acids is 2. The molecule has 3 aromatic rings. The Hall–Kier alpha value is -4.14. The topological polar surface area (TPSA) is 128 Å². The van der Waals surface area contributed by atoms with Gasteiger partial charge in [0.1, 0.15) is 12.0 Å². The van der Waals surface area contributed by atoms with Crippen molar-refractivity contribution >= 4 is 40.6 Å². The smallest absolute Gasteiger partial charge is 0.337 e. The Kier molecular flexibility index (Phi) is 6.89. The van der Waals surface area contributed by atoms with Crippen LogP contribution in [0.25, 0.3) is 0 Å². The van der Waals surface area contributed by atoms with E-state index in [0.717, 1.165) is 5.69 Å². The molecule has 32 heavy (non-hydrogen) atoms. The summed E-state index contributed by atoms with van der Waals surface area (Å²) in [5.41, 5.74) is 9.35. The van der Waals surface area contributed by atoms with Crippen LogP contribution in [0.4, 0.5) is 28.7 Å². The Labute approximate surface area is 186 Å². The maximum Gasteiger partial charge on any atom is 0.337 e. The number of aromatic nitrogens is 2. The van der Waals surface area contributed by atoms with Crippen LogP contribution in [0.3, 0.4) is 0 Å². The van der Waals surface area contributed by atoms with Gasteiger partial charge in [-0.3, -0.25) is 0 Å². The summed E-state index contributed by atoms with van der Waals surface area (Å²) in [5.74, 6) is -0.0424. The minimum Gasteiger partial charge on any atom is -0.465 e. The molecule has 0 aliphatic heterocycles. The second-order valence-corrected chi connectivity index (χ2v) is 7.29. The molecule has 9 nitrogen and oxygen atoms in total. The molecule has 0 fully saturated rings. The molecular formula is C23H25N5O4. The molecule has 0 aliphatic rings. The van der Waals surface area contributed by atoms with Crippen LogP contribution in [0.5, 0.6) is 0 Å². The normalized spacial score (nSPS) is 10.5. The molecule has 166 valence electrons. The highest BCUT2D eigenvalue weighted by Crippen LogP contribution is 2.29. The number of nitrogens with two attached hydrogens (primary N) is 1. The lowest BCUT2D eigenvalue weighted by Gasteiger charge is -2.14. The molecule has 0 saturated heterocycles. The number of nitrogens with zero attached hydrogens (tertiary/aromatic N) is 2. The number of benzene rings is 2. The lowest BCUT2D eigenvalue weighted by molar-refractivity contribution is 0.0599. The first-order chi connectivity index (χ1) is 15.3. The van der Waals surface area contributed by atoms with Gasteiger partial charge >= 0.3 is 11.9 Å². The van der Waals surface area contributed by atoms with E-state index in [1.807, 2.05) is 24.3 Å². The zero-order valence-corrected chi connectivity index (χ0v) is 18.3. The van der Waals surface area contributed by atoms with Gasteiger partial charge in [0.05, 0.1) is 25.3 Å². The summed E-state index contributed by atoms with van der Waals surface area (Å²) in [6, 6.07) is 12.4. The third-order valence-electron chi connectivity index (χ3n) is 4.76. The summed E-state index contributed by atoms with van der Waals surface area (Å²) in [5, 5.41) is 6.21. The van der Waals surface area contributed by atoms with Crippen LogP contribution in [-0.2, 0) is 9.47 Å². The SMILES string of the molecule is COC(=O)c1cc(Nc2ncnc(Nc3ccc(C(C)C)cc3)c2N)cc(C(=O)OC)c1. The summed E-state index contributed by atoms with van der Waals surface area (Å²) < 4.78 is 9.53. The number of carbonyl (C=O) groups is 2. The molecule has 0 spiro atoms. The summed E-state index contributed by atoms with van der Waals surface area (Å²) in [6.45, 7) is 4.26. The average Bonchev–Trinajstić information content (AvgIpc) is 2.80. The number of hydrogen-bond acceptors (Lipinski definition) is 9. The summed E-state index contributed by atoms with van der Waals surface area (Å²) >= 11 is 0. The molecular weight excluding hydrogens is 410 g/mol. The molecule has 0 unspecified atom stereocenters. The van der Waals surface area contributed by atoms with Crippen LogP contribution in [-0.4, -0.2) is 36.1 Å². The predicted octanol–water partition coefficient (Wildman–Crippen LogP) is 4.24. The van der Waals surface area contributed by atoms with Crippen LogP contribution in [0.1, 0.15) is 46.0 Å². The molecule has 3 rings (SSSR count). The van der Waals surface area contributed by atoms with Crippen molar-refractivity contribution < 1.29 is 19.1 Å². The van der Waals surface area contributed by atoms with Crippen LogP contribution >= 0.6 is 0 Å². The summed E-state index contributed by atoms with van der Waals surface area (Å²) in [6.07, 6.45) is 1.36. The van der Waals surface area contributed by atoms with Gasteiger partial charge in [-0.25, -0.2) is 19.6 Å². The maximum absolute atomic E-state index is 12.0. The van der Waals surface area contributed by atoms with E-state index >= 15 is 0 Å². The first-order valence-electron chi connectivity index (χ1n) is 9.88. The molecule has 0 aliphatic carbocycles. The van der Waals surface area contributed by atoms with E-state index in [-0.39, 0.29) is 16.8 Å². The fourth-order valence-electron chi connectivity index (χ4n) is 2.99. The van der Waals surface area contributed by atoms with Gasteiger partial charge in [-0.15, -0.1) is 0 Å². The molecule has 2 aromatic carbocycles. The first-order valence-corrected chi connectivity index (χ1v) is 9.88. The second kappa shape index (κ2) is 9.78. The van der Waals surface area contributed by atoms with E-state index in [1.54, 1.807) is 0 Å². The Bertz CT molecular complexity index is 1100. The number of nitrogens with one attached hydrogen (secondary N) is 2. The van der Waals surface area contributed by atoms with Crippen molar-refractivity contribution in [3.05, 3.63) is 65.5 Å². The first kappa shape index (κ1) is 22.5. The molecule has 0 saturated carbocycles. The monoisotopic (exact) mass is 435 g/mol. The predicted molar refractivity (Wildman–Crippen MR) is 123 cm³/mol. The van der Waals surface area contributed by atoms with E-state index in [2.05, 4.69) is 34.4 Å². The fraction of sp³-hybridized carbons (Fsp3) is 0.217. The number of nitrogen functional groups attached to an aromatic ring is 1. The Morgan fingerprint density at radius 1 is 0.844 bits per heavy atom. The zero-order chi connectivity index (χ0) is 23.3.